The lowest BCUT2D eigenvalue weighted by molar-refractivity contribution is -0.141. The number of halogens is 3. The normalized spacial score (nSPS) is 17.6. The lowest BCUT2D eigenvalue weighted by Crippen LogP contribution is -2.35. The Morgan fingerprint density at radius 2 is 1.95 bits per heavy atom. The number of hydrogen-bond acceptors (Lipinski definition) is 3. The van der Waals surface area contributed by atoms with Crippen molar-refractivity contribution < 1.29 is 13.2 Å². The maximum absolute atomic E-state index is 12.8. The number of hydrogen-bond donors (Lipinski definition) is 1. The molecule has 1 saturated heterocycles. The SMILES string of the molecule is CNCc1ccc(C(F)(F)F)nc1N1CCC(C)CC1. The van der Waals surface area contributed by atoms with Crippen LogP contribution in [-0.2, 0) is 12.7 Å². The van der Waals surface area contributed by atoms with Crippen molar-refractivity contribution in [1.29, 1.82) is 0 Å². The van der Waals surface area contributed by atoms with E-state index in [1.54, 1.807) is 7.05 Å². The molecule has 3 nitrogen and oxygen atoms in total. The molecule has 20 heavy (non-hydrogen) atoms. The first-order chi connectivity index (χ1) is 9.41. The first-order valence-corrected chi connectivity index (χ1v) is 6.88. The largest absolute Gasteiger partial charge is 0.433 e. The van der Waals surface area contributed by atoms with Crippen molar-refractivity contribution in [3.05, 3.63) is 23.4 Å². The van der Waals surface area contributed by atoms with Crippen LogP contribution < -0.4 is 10.2 Å². The Morgan fingerprint density at radius 3 is 2.50 bits per heavy atom. The van der Waals surface area contributed by atoms with Crippen LogP contribution in [-0.4, -0.2) is 25.1 Å². The minimum absolute atomic E-state index is 0.473. The van der Waals surface area contributed by atoms with E-state index in [2.05, 4.69) is 17.2 Å². The topological polar surface area (TPSA) is 28.2 Å². The Bertz CT molecular complexity index is 451. The Balaban J connectivity index is 2.31. The van der Waals surface area contributed by atoms with Crippen LogP contribution >= 0.6 is 0 Å². The van der Waals surface area contributed by atoms with Gasteiger partial charge in [0.1, 0.15) is 11.5 Å². The van der Waals surface area contributed by atoms with Crippen LogP contribution in [0, 0.1) is 5.92 Å². The van der Waals surface area contributed by atoms with Crippen LogP contribution in [0.5, 0.6) is 0 Å². The van der Waals surface area contributed by atoms with Gasteiger partial charge >= 0.3 is 6.18 Å². The van der Waals surface area contributed by atoms with Gasteiger partial charge in [-0.3, -0.25) is 0 Å². The molecule has 1 aliphatic rings. The zero-order valence-corrected chi connectivity index (χ0v) is 11.8. The summed E-state index contributed by atoms with van der Waals surface area (Å²) in [4.78, 5) is 5.85. The summed E-state index contributed by atoms with van der Waals surface area (Å²) in [6.45, 7) is 4.23. The van der Waals surface area contributed by atoms with E-state index in [0.717, 1.165) is 37.6 Å². The van der Waals surface area contributed by atoms with E-state index in [9.17, 15) is 13.2 Å². The molecular weight excluding hydrogens is 267 g/mol. The molecule has 1 N–H and O–H groups in total. The second kappa shape index (κ2) is 5.99. The highest BCUT2D eigenvalue weighted by atomic mass is 19.4. The summed E-state index contributed by atoms with van der Waals surface area (Å²) < 4.78 is 38.5. The van der Waals surface area contributed by atoms with Crippen LogP contribution in [0.1, 0.15) is 31.0 Å². The molecule has 0 aromatic carbocycles. The van der Waals surface area contributed by atoms with Crippen LogP contribution in [0.25, 0.3) is 0 Å². The molecule has 0 amide bonds. The fourth-order valence-corrected chi connectivity index (χ4v) is 2.46. The maximum atomic E-state index is 12.8. The van der Waals surface area contributed by atoms with Crippen LogP contribution in [0.2, 0.25) is 0 Å². The summed E-state index contributed by atoms with van der Waals surface area (Å²) in [7, 11) is 1.78. The summed E-state index contributed by atoms with van der Waals surface area (Å²) in [6, 6.07) is 2.59. The van der Waals surface area contributed by atoms with Crippen molar-refractivity contribution in [2.45, 2.75) is 32.5 Å². The van der Waals surface area contributed by atoms with Crippen LogP contribution in [0.15, 0.2) is 12.1 Å². The zero-order valence-electron chi connectivity index (χ0n) is 11.8. The minimum Gasteiger partial charge on any atom is -0.356 e. The molecule has 0 atom stereocenters. The molecule has 6 heteroatoms. The quantitative estimate of drug-likeness (QED) is 0.926. The third-order valence-corrected chi connectivity index (χ3v) is 3.70. The molecule has 0 saturated carbocycles. The third-order valence-electron chi connectivity index (χ3n) is 3.70. The van der Waals surface area contributed by atoms with E-state index in [0.29, 0.717) is 18.3 Å². The lowest BCUT2D eigenvalue weighted by atomic mass is 9.99. The van der Waals surface area contributed by atoms with E-state index in [-0.39, 0.29) is 0 Å². The summed E-state index contributed by atoms with van der Waals surface area (Å²) >= 11 is 0. The second-order valence-electron chi connectivity index (χ2n) is 5.38. The average Bonchev–Trinajstić information content (AvgIpc) is 2.39. The second-order valence-corrected chi connectivity index (χ2v) is 5.38. The molecule has 2 heterocycles. The van der Waals surface area contributed by atoms with Crippen molar-refractivity contribution in [3.63, 3.8) is 0 Å². The maximum Gasteiger partial charge on any atom is 0.433 e. The van der Waals surface area contributed by atoms with Gasteiger partial charge in [0.15, 0.2) is 0 Å². The first-order valence-electron chi connectivity index (χ1n) is 6.88. The standard InChI is InChI=1S/C14H20F3N3/c1-10-5-7-20(8-6-10)13-11(9-18-2)3-4-12(19-13)14(15,16)17/h3-4,10,18H,5-9H2,1-2H3. The zero-order chi connectivity index (χ0) is 14.8. The predicted octanol–water partition coefficient (Wildman–Crippen LogP) is 3.06. The van der Waals surface area contributed by atoms with Gasteiger partial charge in [-0.05, 0) is 31.9 Å². The first kappa shape index (κ1) is 15.1. The molecule has 1 aliphatic heterocycles. The van der Waals surface area contributed by atoms with Gasteiger partial charge < -0.3 is 10.2 Å². The predicted molar refractivity (Wildman–Crippen MR) is 72.6 cm³/mol. The van der Waals surface area contributed by atoms with Gasteiger partial charge in [0, 0.05) is 25.2 Å². The highest BCUT2D eigenvalue weighted by Gasteiger charge is 2.33. The number of nitrogens with one attached hydrogen (secondary N) is 1. The van der Waals surface area contributed by atoms with Gasteiger partial charge in [0.2, 0.25) is 0 Å². The smallest absolute Gasteiger partial charge is 0.356 e. The number of aromatic nitrogens is 1. The number of piperidine rings is 1. The summed E-state index contributed by atoms with van der Waals surface area (Å²) in [5, 5.41) is 2.98. The van der Waals surface area contributed by atoms with Crippen molar-refractivity contribution >= 4 is 5.82 Å². The molecule has 1 aromatic rings. The Hall–Kier alpha value is -1.30. The fraction of sp³-hybridized carbons (Fsp3) is 0.643. The van der Waals surface area contributed by atoms with Crippen LogP contribution in [0.4, 0.5) is 19.0 Å². The molecular formula is C14H20F3N3. The van der Waals surface area contributed by atoms with Gasteiger partial charge in [-0.15, -0.1) is 0 Å². The molecule has 1 aromatic heterocycles. The van der Waals surface area contributed by atoms with Gasteiger partial charge in [0.25, 0.3) is 0 Å². The molecule has 112 valence electrons. The summed E-state index contributed by atoms with van der Waals surface area (Å²) in [5.74, 6) is 1.10. The molecule has 0 bridgehead atoms. The third kappa shape index (κ3) is 3.42. The van der Waals surface area contributed by atoms with Crippen LogP contribution in [0.3, 0.4) is 0 Å². The van der Waals surface area contributed by atoms with E-state index >= 15 is 0 Å². The summed E-state index contributed by atoms with van der Waals surface area (Å²) in [5.41, 5.74) is 0.000952. The number of pyridine rings is 1. The molecule has 0 unspecified atom stereocenters. The molecule has 1 fully saturated rings. The van der Waals surface area contributed by atoms with Crippen molar-refractivity contribution in [3.8, 4) is 0 Å². The molecule has 2 rings (SSSR count). The Kier molecular flexibility index (Phi) is 4.52. The van der Waals surface area contributed by atoms with Crippen molar-refractivity contribution in [2.75, 3.05) is 25.0 Å². The monoisotopic (exact) mass is 287 g/mol. The van der Waals surface area contributed by atoms with E-state index in [1.165, 1.54) is 6.07 Å². The van der Waals surface area contributed by atoms with Crippen molar-refractivity contribution in [1.82, 2.24) is 10.3 Å². The van der Waals surface area contributed by atoms with Gasteiger partial charge in [-0.2, -0.15) is 13.2 Å². The molecule has 0 radical (unpaired) electrons. The van der Waals surface area contributed by atoms with Gasteiger partial charge in [0.05, 0.1) is 0 Å². The minimum atomic E-state index is -4.39. The lowest BCUT2D eigenvalue weighted by Gasteiger charge is -2.32. The molecule has 0 spiro atoms. The van der Waals surface area contributed by atoms with Gasteiger partial charge in [-0.1, -0.05) is 13.0 Å². The summed E-state index contributed by atoms with van der Waals surface area (Å²) in [6.07, 6.45) is -2.40. The van der Waals surface area contributed by atoms with E-state index in [1.807, 2.05) is 4.90 Å². The average molecular weight is 287 g/mol. The van der Waals surface area contributed by atoms with Gasteiger partial charge in [-0.25, -0.2) is 4.98 Å². The number of anilines is 1. The number of nitrogens with zero attached hydrogens (tertiary/aromatic N) is 2. The Morgan fingerprint density at radius 1 is 1.30 bits per heavy atom. The highest BCUT2D eigenvalue weighted by Crippen LogP contribution is 2.32. The molecule has 0 aliphatic carbocycles. The van der Waals surface area contributed by atoms with Crippen molar-refractivity contribution in [2.24, 2.45) is 5.92 Å². The fourth-order valence-electron chi connectivity index (χ4n) is 2.46. The highest BCUT2D eigenvalue weighted by molar-refractivity contribution is 5.48. The number of rotatable bonds is 3. The Labute approximate surface area is 117 Å². The van der Waals surface area contributed by atoms with E-state index < -0.39 is 11.9 Å². The number of alkyl halides is 3. The van der Waals surface area contributed by atoms with E-state index in [4.69, 9.17) is 0 Å².